The van der Waals surface area contributed by atoms with Gasteiger partial charge in [0.15, 0.2) is 10.9 Å². The van der Waals surface area contributed by atoms with Crippen LogP contribution in [0.25, 0.3) is 16.7 Å². The molecule has 0 spiro atoms. The van der Waals surface area contributed by atoms with E-state index < -0.39 is 5.25 Å². The molecule has 8 nitrogen and oxygen atoms in total. The van der Waals surface area contributed by atoms with Crippen LogP contribution < -0.4 is 10.3 Å². The van der Waals surface area contributed by atoms with Gasteiger partial charge in [-0.05, 0) is 49.7 Å². The molecule has 0 saturated carbocycles. The second-order valence-corrected chi connectivity index (χ2v) is 8.60. The smallest absolute Gasteiger partial charge is 0.262 e. The Kier molecular flexibility index (Phi) is 6.57. The molecule has 9 heteroatoms. The molecule has 4 aromatic rings. The number of nitrogens with zero attached hydrogens (tertiary/aromatic N) is 4. The Balaban J connectivity index is 1.73. The Morgan fingerprint density at radius 2 is 1.84 bits per heavy atom. The molecule has 0 aliphatic carbocycles. The summed E-state index contributed by atoms with van der Waals surface area (Å²) in [5, 5.41) is 9.37. The van der Waals surface area contributed by atoms with E-state index in [1.165, 1.54) is 11.8 Å². The number of fused-ring (bicyclic) bond motifs is 3. The lowest BCUT2D eigenvalue weighted by atomic mass is 10.1. The summed E-state index contributed by atoms with van der Waals surface area (Å²) in [6.07, 6.45) is 0.673. The minimum absolute atomic E-state index is 0.0212. The maximum atomic E-state index is 13.1. The molecule has 2 aromatic carbocycles. The van der Waals surface area contributed by atoms with E-state index in [1.807, 2.05) is 29.5 Å². The quantitative estimate of drug-likeness (QED) is 0.218. The zero-order valence-corrected chi connectivity index (χ0v) is 19.0. The highest BCUT2D eigenvalue weighted by molar-refractivity contribution is 8.00. The van der Waals surface area contributed by atoms with Gasteiger partial charge in [-0.3, -0.25) is 18.6 Å². The molecule has 166 valence electrons. The molecule has 0 aliphatic rings. The largest absolute Gasteiger partial charge is 0.497 e. The highest BCUT2D eigenvalue weighted by atomic mass is 32.2. The lowest BCUT2D eigenvalue weighted by Gasteiger charge is -2.13. The predicted octanol–water partition coefficient (Wildman–Crippen LogP) is 3.45. The molecule has 1 atom stereocenters. The molecule has 0 aliphatic heterocycles. The minimum atomic E-state index is -0.400. The average molecular weight is 453 g/mol. The van der Waals surface area contributed by atoms with Crippen molar-refractivity contribution >= 4 is 34.2 Å². The molecule has 0 saturated heterocycles. The van der Waals surface area contributed by atoms with Gasteiger partial charge in [-0.1, -0.05) is 23.9 Å². The standard InChI is InChI=1S/C23H24N4O4S/c1-15(20(28)16-9-11-17(31-3)12-10-16)32-23-25-24-22-26(13-6-14-30-2)21(29)18-7-4-5-8-19(18)27(22)23/h4-5,7-12,15H,6,13-14H2,1-3H3. The van der Waals surface area contributed by atoms with Crippen LogP contribution in [0, 0.1) is 0 Å². The van der Waals surface area contributed by atoms with Gasteiger partial charge >= 0.3 is 0 Å². The number of methoxy groups -OCH3 is 2. The van der Waals surface area contributed by atoms with Crippen molar-refractivity contribution in [2.24, 2.45) is 0 Å². The first-order valence-corrected chi connectivity index (χ1v) is 11.1. The molecule has 1 unspecified atom stereocenters. The zero-order chi connectivity index (χ0) is 22.7. The van der Waals surface area contributed by atoms with Crippen LogP contribution in [-0.4, -0.2) is 51.0 Å². The first-order valence-electron chi connectivity index (χ1n) is 10.3. The van der Waals surface area contributed by atoms with Gasteiger partial charge in [0.25, 0.3) is 5.56 Å². The summed E-state index contributed by atoms with van der Waals surface area (Å²) in [7, 11) is 3.22. The molecule has 0 bridgehead atoms. The molecule has 0 amide bonds. The molecule has 2 heterocycles. The Bertz CT molecular complexity index is 1310. The fraction of sp³-hybridized carbons (Fsp3) is 0.304. The third-order valence-electron chi connectivity index (χ3n) is 5.23. The molecule has 0 fully saturated rings. The fourth-order valence-electron chi connectivity index (χ4n) is 3.58. The number of para-hydroxylation sites is 1. The summed E-state index contributed by atoms with van der Waals surface area (Å²) >= 11 is 1.32. The number of hydrogen-bond donors (Lipinski definition) is 0. The fourth-order valence-corrected chi connectivity index (χ4v) is 4.51. The number of thioether (sulfide) groups is 1. The molecule has 32 heavy (non-hydrogen) atoms. The monoisotopic (exact) mass is 452 g/mol. The third-order valence-corrected chi connectivity index (χ3v) is 6.28. The van der Waals surface area contributed by atoms with Crippen molar-refractivity contribution in [1.29, 1.82) is 0 Å². The third kappa shape index (κ3) is 4.13. The van der Waals surface area contributed by atoms with Crippen LogP contribution in [0.5, 0.6) is 5.75 Å². The molecular weight excluding hydrogens is 428 g/mol. The van der Waals surface area contributed by atoms with E-state index in [-0.39, 0.29) is 11.3 Å². The highest BCUT2D eigenvalue weighted by Crippen LogP contribution is 2.27. The van der Waals surface area contributed by atoms with Crippen LogP contribution in [0.15, 0.2) is 58.5 Å². The van der Waals surface area contributed by atoms with Gasteiger partial charge in [-0.15, -0.1) is 10.2 Å². The second kappa shape index (κ2) is 9.54. The number of ketones is 1. The van der Waals surface area contributed by atoms with Crippen LogP contribution in [0.2, 0.25) is 0 Å². The number of aromatic nitrogens is 4. The van der Waals surface area contributed by atoms with Crippen LogP contribution in [0.4, 0.5) is 0 Å². The van der Waals surface area contributed by atoms with E-state index >= 15 is 0 Å². The van der Waals surface area contributed by atoms with E-state index in [2.05, 4.69) is 10.2 Å². The van der Waals surface area contributed by atoms with Gasteiger partial charge in [0.05, 0.1) is 23.3 Å². The summed E-state index contributed by atoms with van der Waals surface area (Å²) in [6.45, 7) is 2.84. The van der Waals surface area contributed by atoms with E-state index in [4.69, 9.17) is 9.47 Å². The summed E-state index contributed by atoms with van der Waals surface area (Å²) in [4.78, 5) is 26.1. The van der Waals surface area contributed by atoms with Crippen LogP contribution >= 0.6 is 11.8 Å². The number of rotatable bonds is 9. The van der Waals surface area contributed by atoms with Gasteiger partial charge in [0.1, 0.15) is 5.75 Å². The van der Waals surface area contributed by atoms with Gasteiger partial charge in [-0.2, -0.15) is 0 Å². The first kappa shape index (κ1) is 22.0. The van der Waals surface area contributed by atoms with Crippen molar-refractivity contribution in [1.82, 2.24) is 19.2 Å². The lowest BCUT2D eigenvalue weighted by Crippen LogP contribution is -2.24. The van der Waals surface area contributed by atoms with Crippen LogP contribution in [-0.2, 0) is 11.3 Å². The number of carbonyl (C=O) groups excluding carboxylic acids is 1. The normalized spacial score (nSPS) is 12.3. The SMILES string of the molecule is COCCCn1c(=O)c2ccccc2n2c(SC(C)C(=O)c3ccc(OC)cc3)nnc12. The van der Waals surface area contributed by atoms with Crippen LogP contribution in [0.3, 0.4) is 0 Å². The van der Waals surface area contributed by atoms with Crippen LogP contribution in [0.1, 0.15) is 23.7 Å². The van der Waals surface area contributed by atoms with Crippen molar-refractivity contribution in [3.05, 3.63) is 64.4 Å². The Hall–Kier alpha value is -3.17. The zero-order valence-electron chi connectivity index (χ0n) is 18.1. The maximum absolute atomic E-state index is 13.1. The maximum Gasteiger partial charge on any atom is 0.262 e. The van der Waals surface area contributed by atoms with E-state index in [9.17, 15) is 9.59 Å². The van der Waals surface area contributed by atoms with Crippen molar-refractivity contribution < 1.29 is 14.3 Å². The summed E-state index contributed by atoms with van der Waals surface area (Å²) in [6, 6.07) is 14.4. The number of Topliss-reactive ketones (excluding diaryl/α,β-unsaturated/α-hetero) is 1. The molecule has 4 rings (SSSR count). The Morgan fingerprint density at radius 1 is 1.09 bits per heavy atom. The summed E-state index contributed by atoms with van der Waals surface area (Å²) in [5.74, 6) is 1.13. The molecule has 2 aromatic heterocycles. The Labute approximate surface area is 189 Å². The van der Waals surface area contributed by atoms with Crippen molar-refractivity contribution in [2.45, 2.75) is 30.3 Å². The van der Waals surface area contributed by atoms with Gasteiger partial charge in [0, 0.05) is 25.8 Å². The average Bonchev–Trinajstić information content (AvgIpc) is 3.24. The topological polar surface area (TPSA) is 87.7 Å². The van der Waals surface area contributed by atoms with E-state index in [1.54, 1.807) is 49.1 Å². The predicted molar refractivity (Wildman–Crippen MR) is 124 cm³/mol. The molecular formula is C23H24N4O4S. The lowest BCUT2D eigenvalue weighted by molar-refractivity contribution is 0.0994. The summed E-state index contributed by atoms with van der Waals surface area (Å²) in [5.41, 5.74) is 1.20. The highest BCUT2D eigenvalue weighted by Gasteiger charge is 2.22. The van der Waals surface area contributed by atoms with Crippen molar-refractivity contribution in [2.75, 3.05) is 20.8 Å². The van der Waals surface area contributed by atoms with E-state index in [0.29, 0.717) is 52.7 Å². The van der Waals surface area contributed by atoms with Gasteiger partial charge in [0.2, 0.25) is 5.78 Å². The summed E-state index contributed by atoms with van der Waals surface area (Å²) < 4.78 is 13.8. The molecule has 0 N–H and O–H groups in total. The number of aryl methyl sites for hydroxylation is 1. The first-order chi connectivity index (χ1) is 15.5. The van der Waals surface area contributed by atoms with Crippen molar-refractivity contribution in [3.8, 4) is 5.75 Å². The number of ether oxygens (including phenoxy) is 2. The van der Waals surface area contributed by atoms with E-state index in [0.717, 1.165) is 0 Å². The number of carbonyl (C=O) groups is 1. The Morgan fingerprint density at radius 3 is 2.56 bits per heavy atom. The molecule has 0 radical (unpaired) electrons. The number of hydrogen-bond acceptors (Lipinski definition) is 7. The number of benzene rings is 2. The van der Waals surface area contributed by atoms with Gasteiger partial charge < -0.3 is 9.47 Å². The minimum Gasteiger partial charge on any atom is -0.497 e. The van der Waals surface area contributed by atoms with Crippen molar-refractivity contribution in [3.63, 3.8) is 0 Å². The van der Waals surface area contributed by atoms with Gasteiger partial charge in [-0.25, -0.2) is 0 Å². The second-order valence-electron chi connectivity index (χ2n) is 7.29.